The standard InChI is InChI=1S/C13H11N3O3/c1-2-19-13(18)9-7-14-16-10-6-4-3-5-8(10)12(17)15-11(9)16/h3-7H,2H2,1H3,(H,15,17). The van der Waals surface area contributed by atoms with E-state index in [9.17, 15) is 9.59 Å². The Balaban J connectivity index is 2.36. The summed E-state index contributed by atoms with van der Waals surface area (Å²) in [6.07, 6.45) is 1.40. The van der Waals surface area contributed by atoms with Crippen molar-refractivity contribution in [2.45, 2.75) is 6.92 Å². The minimum Gasteiger partial charge on any atom is -0.462 e. The van der Waals surface area contributed by atoms with Gasteiger partial charge in [-0.2, -0.15) is 5.10 Å². The maximum Gasteiger partial charge on any atom is 0.343 e. The Bertz CT molecular complexity index is 832. The maximum absolute atomic E-state index is 12.0. The zero-order chi connectivity index (χ0) is 13.4. The van der Waals surface area contributed by atoms with Crippen LogP contribution in [0.4, 0.5) is 0 Å². The number of ether oxygens (including phenoxy) is 1. The average Bonchev–Trinajstić information content (AvgIpc) is 2.83. The third-order valence-electron chi connectivity index (χ3n) is 2.87. The van der Waals surface area contributed by atoms with Crippen molar-refractivity contribution in [2.24, 2.45) is 0 Å². The largest absolute Gasteiger partial charge is 0.462 e. The van der Waals surface area contributed by atoms with Crippen molar-refractivity contribution in [1.29, 1.82) is 0 Å². The van der Waals surface area contributed by atoms with Crippen LogP contribution in [0.5, 0.6) is 0 Å². The number of nitrogens with zero attached hydrogens (tertiary/aromatic N) is 2. The van der Waals surface area contributed by atoms with Crippen LogP contribution in [-0.4, -0.2) is 27.2 Å². The van der Waals surface area contributed by atoms with E-state index in [0.29, 0.717) is 16.6 Å². The van der Waals surface area contributed by atoms with Gasteiger partial charge < -0.3 is 9.72 Å². The predicted molar refractivity (Wildman–Crippen MR) is 69.3 cm³/mol. The van der Waals surface area contributed by atoms with Crippen LogP contribution in [0.3, 0.4) is 0 Å². The molecule has 0 bridgehead atoms. The molecule has 1 aromatic carbocycles. The molecule has 19 heavy (non-hydrogen) atoms. The molecule has 0 unspecified atom stereocenters. The predicted octanol–water partition coefficient (Wildman–Crippen LogP) is 1.35. The SMILES string of the molecule is CCOC(=O)c1cnn2c1[nH]c(=O)c1ccccc12. The van der Waals surface area contributed by atoms with Crippen molar-refractivity contribution in [3.63, 3.8) is 0 Å². The molecular formula is C13H11N3O3. The van der Waals surface area contributed by atoms with Crippen molar-refractivity contribution in [3.8, 4) is 0 Å². The van der Waals surface area contributed by atoms with Gasteiger partial charge in [-0.25, -0.2) is 9.31 Å². The molecule has 3 rings (SSSR count). The van der Waals surface area contributed by atoms with E-state index in [-0.39, 0.29) is 17.7 Å². The molecule has 0 atom stereocenters. The molecule has 0 aliphatic rings. The number of fused-ring (bicyclic) bond motifs is 3. The fourth-order valence-corrected chi connectivity index (χ4v) is 2.03. The van der Waals surface area contributed by atoms with Gasteiger partial charge in [0.2, 0.25) is 0 Å². The van der Waals surface area contributed by atoms with Crippen molar-refractivity contribution in [3.05, 3.63) is 46.4 Å². The van der Waals surface area contributed by atoms with Crippen molar-refractivity contribution >= 4 is 22.5 Å². The first-order chi connectivity index (χ1) is 9.22. The number of hydrogen-bond donors (Lipinski definition) is 1. The summed E-state index contributed by atoms with van der Waals surface area (Å²) in [5, 5.41) is 4.66. The van der Waals surface area contributed by atoms with Gasteiger partial charge in [-0.1, -0.05) is 12.1 Å². The Morgan fingerprint density at radius 2 is 2.21 bits per heavy atom. The Morgan fingerprint density at radius 3 is 3.00 bits per heavy atom. The van der Waals surface area contributed by atoms with Crippen LogP contribution >= 0.6 is 0 Å². The number of hydrogen-bond acceptors (Lipinski definition) is 4. The molecule has 0 spiro atoms. The minimum absolute atomic E-state index is 0.254. The van der Waals surface area contributed by atoms with Gasteiger partial charge >= 0.3 is 5.97 Å². The lowest BCUT2D eigenvalue weighted by Crippen LogP contribution is -2.12. The molecule has 0 aliphatic heterocycles. The summed E-state index contributed by atoms with van der Waals surface area (Å²) in [5.41, 5.74) is 0.998. The molecule has 0 fully saturated rings. The molecule has 2 aromatic heterocycles. The molecule has 6 nitrogen and oxygen atoms in total. The Hall–Kier alpha value is -2.63. The van der Waals surface area contributed by atoms with Crippen LogP contribution in [0, 0.1) is 0 Å². The van der Waals surface area contributed by atoms with Crippen molar-refractivity contribution in [1.82, 2.24) is 14.6 Å². The molecule has 2 heterocycles. The van der Waals surface area contributed by atoms with Gasteiger partial charge in [-0.3, -0.25) is 4.79 Å². The number of aromatic amines is 1. The molecular weight excluding hydrogens is 246 g/mol. The summed E-state index contributed by atoms with van der Waals surface area (Å²) in [6, 6.07) is 7.07. The summed E-state index contributed by atoms with van der Waals surface area (Å²) in [4.78, 5) is 26.4. The van der Waals surface area contributed by atoms with Crippen molar-refractivity contribution < 1.29 is 9.53 Å². The van der Waals surface area contributed by atoms with E-state index in [1.165, 1.54) is 10.7 Å². The molecule has 1 N–H and O–H groups in total. The normalized spacial score (nSPS) is 11.0. The first kappa shape index (κ1) is 11.5. The molecule has 0 radical (unpaired) electrons. The van der Waals surface area contributed by atoms with E-state index in [0.717, 1.165) is 0 Å². The fourth-order valence-electron chi connectivity index (χ4n) is 2.03. The van der Waals surface area contributed by atoms with E-state index >= 15 is 0 Å². The van der Waals surface area contributed by atoms with Crippen LogP contribution in [0.1, 0.15) is 17.3 Å². The molecule has 0 aliphatic carbocycles. The molecule has 3 aromatic rings. The Labute approximate surface area is 107 Å². The van der Waals surface area contributed by atoms with Gasteiger partial charge in [0.05, 0.1) is 23.7 Å². The highest BCUT2D eigenvalue weighted by Gasteiger charge is 2.16. The van der Waals surface area contributed by atoms with Gasteiger partial charge in [-0.15, -0.1) is 0 Å². The molecule has 0 saturated heterocycles. The number of nitrogens with one attached hydrogen (secondary N) is 1. The van der Waals surface area contributed by atoms with Gasteiger partial charge in [-0.05, 0) is 19.1 Å². The number of para-hydroxylation sites is 1. The number of carbonyl (C=O) groups excluding carboxylic acids is 1. The highest BCUT2D eigenvalue weighted by molar-refractivity contribution is 5.96. The van der Waals surface area contributed by atoms with Gasteiger partial charge in [0.15, 0.2) is 5.65 Å². The lowest BCUT2D eigenvalue weighted by molar-refractivity contribution is 0.0528. The molecule has 6 heteroatoms. The quantitative estimate of drug-likeness (QED) is 0.703. The molecule has 96 valence electrons. The van der Waals surface area contributed by atoms with Crippen LogP contribution in [0.25, 0.3) is 16.6 Å². The second-order valence-corrected chi connectivity index (χ2v) is 4.01. The fraction of sp³-hybridized carbons (Fsp3) is 0.154. The minimum atomic E-state index is -0.497. The topological polar surface area (TPSA) is 76.5 Å². The highest BCUT2D eigenvalue weighted by Crippen LogP contribution is 2.14. The summed E-state index contributed by atoms with van der Waals surface area (Å²) in [5.74, 6) is -0.497. The second kappa shape index (κ2) is 4.24. The van der Waals surface area contributed by atoms with Crippen LogP contribution in [0.2, 0.25) is 0 Å². The van der Waals surface area contributed by atoms with Crippen LogP contribution < -0.4 is 5.56 Å². The zero-order valence-electron chi connectivity index (χ0n) is 10.2. The zero-order valence-corrected chi connectivity index (χ0v) is 10.2. The Morgan fingerprint density at radius 1 is 1.42 bits per heavy atom. The summed E-state index contributed by atoms with van der Waals surface area (Å²) in [7, 11) is 0. The molecule has 0 amide bonds. The highest BCUT2D eigenvalue weighted by atomic mass is 16.5. The van der Waals surface area contributed by atoms with Gasteiger partial charge in [0, 0.05) is 0 Å². The van der Waals surface area contributed by atoms with E-state index in [1.54, 1.807) is 25.1 Å². The first-order valence-corrected chi connectivity index (χ1v) is 5.88. The number of rotatable bonds is 2. The monoisotopic (exact) mass is 257 g/mol. The van der Waals surface area contributed by atoms with E-state index in [4.69, 9.17) is 4.74 Å². The molecule has 0 saturated carbocycles. The summed E-state index contributed by atoms with van der Waals surface area (Å²) in [6.45, 7) is 2.00. The second-order valence-electron chi connectivity index (χ2n) is 4.01. The summed E-state index contributed by atoms with van der Waals surface area (Å²) >= 11 is 0. The number of H-pyrrole nitrogens is 1. The van der Waals surface area contributed by atoms with Crippen molar-refractivity contribution in [2.75, 3.05) is 6.61 Å². The lowest BCUT2D eigenvalue weighted by atomic mass is 10.2. The van der Waals surface area contributed by atoms with E-state index < -0.39 is 5.97 Å². The lowest BCUT2D eigenvalue weighted by Gasteiger charge is -2.02. The van der Waals surface area contributed by atoms with E-state index in [2.05, 4.69) is 10.1 Å². The smallest absolute Gasteiger partial charge is 0.343 e. The van der Waals surface area contributed by atoms with Gasteiger partial charge in [0.1, 0.15) is 5.56 Å². The van der Waals surface area contributed by atoms with E-state index in [1.807, 2.05) is 6.07 Å². The van der Waals surface area contributed by atoms with Gasteiger partial charge in [0.25, 0.3) is 5.56 Å². The average molecular weight is 257 g/mol. The number of carbonyl (C=O) groups is 1. The van der Waals surface area contributed by atoms with Crippen LogP contribution in [-0.2, 0) is 4.74 Å². The number of benzene rings is 1. The van der Waals surface area contributed by atoms with Crippen LogP contribution in [0.15, 0.2) is 35.3 Å². The Kier molecular flexibility index (Phi) is 2.56. The number of esters is 1. The first-order valence-electron chi connectivity index (χ1n) is 5.88. The summed E-state index contributed by atoms with van der Waals surface area (Å²) < 4.78 is 6.46. The number of aromatic nitrogens is 3. The maximum atomic E-state index is 12.0. The third kappa shape index (κ3) is 1.69. The third-order valence-corrected chi connectivity index (χ3v) is 2.87.